The van der Waals surface area contributed by atoms with Gasteiger partial charge in [-0.25, -0.2) is 0 Å². The number of carbonyl (C=O) groups excluding carboxylic acids is 1. The molecule has 86 valence electrons. The fourth-order valence-corrected chi connectivity index (χ4v) is 2.88. The smallest absolute Gasteiger partial charge is 0.164 e. The van der Waals surface area contributed by atoms with Crippen molar-refractivity contribution in [3.8, 4) is 0 Å². The van der Waals surface area contributed by atoms with Crippen molar-refractivity contribution >= 4 is 5.78 Å². The minimum atomic E-state index is 0.346. The number of ketones is 1. The van der Waals surface area contributed by atoms with Crippen molar-refractivity contribution in [3.63, 3.8) is 0 Å². The fourth-order valence-electron chi connectivity index (χ4n) is 2.88. The summed E-state index contributed by atoms with van der Waals surface area (Å²) >= 11 is 0. The molecule has 0 amide bonds. The van der Waals surface area contributed by atoms with E-state index < -0.39 is 0 Å². The molecule has 2 aliphatic rings. The first kappa shape index (κ1) is 10.1. The van der Waals surface area contributed by atoms with E-state index >= 15 is 0 Å². The summed E-state index contributed by atoms with van der Waals surface area (Å²) in [4.78, 5) is 11.7. The average molecular weight is 217 g/mol. The van der Waals surface area contributed by atoms with Crippen molar-refractivity contribution in [3.05, 3.63) is 23.5 Å². The predicted octanol–water partition coefficient (Wildman–Crippen LogP) is 3.05. The van der Waals surface area contributed by atoms with Gasteiger partial charge in [-0.2, -0.15) is 0 Å². The van der Waals surface area contributed by atoms with E-state index in [0.29, 0.717) is 5.78 Å². The maximum atomic E-state index is 11.7. The number of Topliss-reactive ketones (excluding diaryl/α,β-unsaturated/α-hetero) is 1. The van der Waals surface area contributed by atoms with Crippen LogP contribution in [0.25, 0.3) is 0 Å². The van der Waals surface area contributed by atoms with Crippen LogP contribution < -0.4 is 0 Å². The molecule has 0 bridgehead atoms. The average Bonchev–Trinajstić information content (AvgIpc) is 3.04. The van der Waals surface area contributed by atoms with Gasteiger partial charge in [0, 0.05) is 30.4 Å². The minimum Gasteiger partial charge on any atom is -0.350 e. The minimum absolute atomic E-state index is 0.346. The van der Waals surface area contributed by atoms with E-state index in [1.165, 1.54) is 18.5 Å². The van der Waals surface area contributed by atoms with Gasteiger partial charge in [0.05, 0.1) is 0 Å². The van der Waals surface area contributed by atoms with Crippen LogP contribution in [0.5, 0.6) is 0 Å². The fraction of sp³-hybridized carbons (Fsp3) is 0.643. The van der Waals surface area contributed by atoms with Crippen molar-refractivity contribution < 1.29 is 4.79 Å². The third-order valence-corrected chi connectivity index (χ3v) is 4.11. The summed E-state index contributed by atoms with van der Waals surface area (Å²) in [6.07, 6.45) is 7.80. The van der Waals surface area contributed by atoms with Gasteiger partial charge < -0.3 is 4.57 Å². The van der Waals surface area contributed by atoms with Crippen LogP contribution in [0.4, 0.5) is 0 Å². The zero-order valence-electron chi connectivity index (χ0n) is 9.91. The standard InChI is InChI=1S/C14H19NO/c1-10(11-5-6-11)9-15-8-7-12-13(15)3-2-4-14(12)16/h7-8,10-11H,2-6,9H2,1H3. The number of nitrogens with zero attached hydrogens (tertiary/aromatic N) is 1. The van der Waals surface area contributed by atoms with Gasteiger partial charge in [0.1, 0.15) is 0 Å². The Morgan fingerprint density at radius 1 is 1.44 bits per heavy atom. The molecule has 1 fully saturated rings. The second-order valence-corrected chi connectivity index (χ2v) is 5.42. The van der Waals surface area contributed by atoms with Crippen LogP contribution in [-0.4, -0.2) is 10.4 Å². The van der Waals surface area contributed by atoms with Gasteiger partial charge in [-0.1, -0.05) is 6.92 Å². The highest BCUT2D eigenvalue weighted by Crippen LogP contribution is 2.37. The molecule has 1 aromatic heterocycles. The van der Waals surface area contributed by atoms with Gasteiger partial charge in [-0.05, 0) is 43.6 Å². The lowest BCUT2D eigenvalue weighted by atomic mass is 9.96. The lowest BCUT2D eigenvalue weighted by Crippen LogP contribution is -2.16. The lowest BCUT2D eigenvalue weighted by molar-refractivity contribution is 0.0971. The Hall–Kier alpha value is -1.05. The molecule has 0 saturated heterocycles. The largest absolute Gasteiger partial charge is 0.350 e. The van der Waals surface area contributed by atoms with Crippen LogP contribution >= 0.6 is 0 Å². The van der Waals surface area contributed by atoms with Crippen molar-refractivity contribution in [2.45, 2.75) is 45.6 Å². The highest BCUT2D eigenvalue weighted by molar-refractivity contribution is 5.98. The molecule has 0 aliphatic heterocycles. The summed E-state index contributed by atoms with van der Waals surface area (Å²) in [6, 6.07) is 2.02. The second kappa shape index (κ2) is 3.76. The molecular formula is C14H19NO. The van der Waals surface area contributed by atoms with Crippen molar-refractivity contribution in [1.82, 2.24) is 4.57 Å². The third-order valence-electron chi connectivity index (χ3n) is 4.11. The van der Waals surface area contributed by atoms with E-state index in [-0.39, 0.29) is 0 Å². The van der Waals surface area contributed by atoms with E-state index in [0.717, 1.165) is 43.2 Å². The Balaban J connectivity index is 1.82. The van der Waals surface area contributed by atoms with Gasteiger partial charge in [0.25, 0.3) is 0 Å². The Kier molecular flexibility index (Phi) is 2.38. The molecule has 0 spiro atoms. The highest BCUT2D eigenvalue weighted by atomic mass is 16.1. The highest BCUT2D eigenvalue weighted by Gasteiger charge is 2.29. The first-order valence-corrected chi connectivity index (χ1v) is 6.47. The van der Waals surface area contributed by atoms with E-state index in [4.69, 9.17) is 0 Å². The molecule has 2 aliphatic carbocycles. The number of hydrogen-bond donors (Lipinski definition) is 0. The van der Waals surface area contributed by atoms with Crippen LogP contribution in [-0.2, 0) is 13.0 Å². The first-order valence-electron chi connectivity index (χ1n) is 6.47. The Bertz CT molecular complexity index is 414. The van der Waals surface area contributed by atoms with E-state index in [9.17, 15) is 4.79 Å². The summed E-state index contributed by atoms with van der Waals surface area (Å²) < 4.78 is 2.33. The van der Waals surface area contributed by atoms with Gasteiger partial charge in [0.15, 0.2) is 5.78 Å². The molecular weight excluding hydrogens is 198 g/mol. The third kappa shape index (κ3) is 1.70. The van der Waals surface area contributed by atoms with Crippen molar-refractivity contribution in [1.29, 1.82) is 0 Å². The van der Waals surface area contributed by atoms with Crippen LogP contribution in [0, 0.1) is 11.8 Å². The van der Waals surface area contributed by atoms with E-state index in [2.05, 4.69) is 17.7 Å². The normalized spacial score (nSPS) is 21.9. The van der Waals surface area contributed by atoms with Crippen LogP contribution in [0.15, 0.2) is 12.3 Å². The molecule has 0 N–H and O–H groups in total. The quantitative estimate of drug-likeness (QED) is 0.762. The van der Waals surface area contributed by atoms with Crippen molar-refractivity contribution in [2.75, 3.05) is 0 Å². The number of aromatic nitrogens is 1. The molecule has 16 heavy (non-hydrogen) atoms. The summed E-state index contributed by atoms with van der Waals surface area (Å²) in [5.74, 6) is 2.06. The van der Waals surface area contributed by atoms with Gasteiger partial charge in [-0.15, -0.1) is 0 Å². The van der Waals surface area contributed by atoms with E-state index in [1.54, 1.807) is 0 Å². The molecule has 1 atom stereocenters. The van der Waals surface area contributed by atoms with Gasteiger partial charge in [0.2, 0.25) is 0 Å². The molecule has 1 aromatic rings. The first-order chi connectivity index (χ1) is 7.75. The summed E-state index contributed by atoms with van der Waals surface area (Å²) in [5.41, 5.74) is 2.29. The zero-order valence-corrected chi connectivity index (χ0v) is 9.91. The molecule has 0 aromatic carbocycles. The van der Waals surface area contributed by atoms with Gasteiger partial charge >= 0.3 is 0 Å². The molecule has 2 nitrogen and oxygen atoms in total. The predicted molar refractivity (Wildman–Crippen MR) is 63.6 cm³/mol. The SMILES string of the molecule is CC(Cn1ccc2c1CCCC2=O)C1CC1. The monoisotopic (exact) mass is 217 g/mol. The lowest BCUT2D eigenvalue weighted by Gasteiger charge is -2.18. The Morgan fingerprint density at radius 3 is 3.00 bits per heavy atom. The maximum absolute atomic E-state index is 11.7. The number of rotatable bonds is 3. The number of hydrogen-bond acceptors (Lipinski definition) is 1. The molecule has 1 unspecified atom stereocenters. The van der Waals surface area contributed by atoms with Gasteiger partial charge in [-0.3, -0.25) is 4.79 Å². The maximum Gasteiger partial charge on any atom is 0.164 e. The summed E-state index contributed by atoms with van der Waals surface area (Å²) in [6.45, 7) is 3.45. The van der Waals surface area contributed by atoms with Crippen LogP contribution in [0.1, 0.15) is 48.7 Å². The topological polar surface area (TPSA) is 22.0 Å². The molecule has 1 saturated carbocycles. The second-order valence-electron chi connectivity index (χ2n) is 5.42. The Morgan fingerprint density at radius 2 is 2.25 bits per heavy atom. The molecule has 3 rings (SSSR count). The molecule has 2 heteroatoms. The summed E-state index contributed by atoms with van der Waals surface area (Å²) in [7, 11) is 0. The van der Waals surface area contributed by atoms with Crippen LogP contribution in [0.2, 0.25) is 0 Å². The zero-order chi connectivity index (χ0) is 11.1. The Labute approximate surface area is 96.6 Å². The van der Waals surface area contributed by atoms with E-state index in [1.807, 2.05) is 6.07 Å². The van der Waals surface area contributed by atoms with Crippen molar-refractivity contribution in [2.24, 2.45) is 11.8 Å². The number of fused-ring (bicyclic) bond motifs is 1. The molecule has 1 heterocycles. The molecule has 0 radical (unpaired) electrons. The van der Waals surface area contributed by atoms with Crippen LogP contribution in [0.3, 0.4) is 0 Å². The number of carbonyl (C=O) groups is 1. The summed E-state index contributed by atoms with van der Waals surface area (Å²) in [5, 5.41) is 0.